The number of carbonyl (C=O) groups is 2. The maximum Gasteiger partial charge on any atom is 0.326 e. The minimum Gasteiger partial charge on any atom is -0.480 e. The average Bonchev–Trinajstić information content (AvgIpc) is 3.09. The molecule has 2 aliphatic rings. The third kappa shape index (κ3) is 3.83. The van der Waals surface area contributed by atoms with Crippen molar-refractivity contribution < 1.29 is 14.7 Å². The summed E-state index contributed by atoms with van der Waals surface area (Å²) in [6.07, 6.45) is 2.89. The van der Waals surface area contributed by atoms with Gasteiger partial charge in [-0.15, -0.1) is 0 Å². The van der Waals surface area contributed by atoms with Crippen molar-refractivity contribution in [1.29, 1.82) is 0 Å². The summed E-state index contributed by atoms with van der Waals surface area (Å²) in [5, 5.41) is 11.7. The molecule has 0 radical (unpaired) electrons. The van der Waals surface area contributed by atoms with Gasteiger partial charge >= 0.3 is 12.0 Å². The van der Waals surface area contributed by atoms with Crippen molar-refractivity contribution in [1.82, 2.24) is 15.1 Å². The maximum atomic E-state index is 12.0. The lowest BCUT2D eigenvalue weighted by Crippen LogP contribution is -2.48. The van der Waals surface area contributed by atoms with Gasteiger partial charge in [-0.1, -0.05) is 0 Å². The molecule has 2 rings (SSSR count). The second-order valence-corrected chi connectivity index (χ2v) is 5.90. The fraction of sp³-hybridized carbons (Fsp3) is 0.846. The second kappa shape index (κ2) is 5.77. The summed E-state index contributed by atoms with van der Waals surface area (Å²) in [5.74, 6) is -0.317. The molecular formula is C13H23N3O3. The molecule has 108 valence electrons. The van der Waals surface area contributed by atoms with Crippen molar-refractivity contribution in [2.75, 3.05) is 33.7 Å². The van der Waals surface area contributed by atoms with E-state index in [1.54, 1.807) is 11.9 Å². The molecule has 2 atom stereocenters. The first-order valence-electron chi connectivity index (χ1n) is 6.90. The van der Waals surface area contributed by atoms with Gasteiger partial charge in [-0.25, -0.2) is 9.59 Å². The molecule has 1 aliphatic carbocycles. The Morgan fingerprint density at radius 3 is 2.58 bits per heavy atom. The van der Waals surface area contributed by atoms with Gasteiger partial charge in [-0.3, -0.25) is 0 Å². The zero-order valence-corrected chi connectivity index (χ0v) is 11.6. The van der Waals surface area contributed by atoms with Crippen molar-refractivity contribution in [3.05, 3.63) is 0 Å². The summed E-state index contributed by atoms with van der Waals surface area (Å²) in [6, 6.07) is -0.991. The minimum atomic E-state index is -0.926. The summed E-state index contributed by atoms with van der Waals surface area (Å²) in [5.41, 5.74) is 0. The standard InChI is InChI=1S/C13H23N3O3/c1-15-6-5-9(7-15)8-16(2)13(19)14-11(12(17)18)10-3-4-10/h9-11H,3-8H2,1-2H3,(H,14,19)(H,17,18). The Morgan fingerprint density at radius 2 is 2.11 bits per heavy atom. The van der Waals surface area contributed by atoms with Gasteiger partial charge in [0.15, 0.2) is 0 Å². The molecule has 0 bridgehead atoms. The first-order chi connectivity index (χ1) is 8.97. The molecule has 1 saturated carbocycles. The molecule has 1 aliphatic heterocycles. The summed E-state index contributed by atoms with van der Waals surface area (Å²) < 4.78 is 0. The lowest BCUT2D eigenvalue weighted by atomic mass is 10.1. The summed E-state index contributed by atoms with van der Waals surface area (Å²) in [4.78, 5) is 26.9. The Morgan fingerprint density at radius 1 is 1.42 bits per heavy atom. The maximum absolute atomic E-state index is 12.0. The normalized spacial score (nSPS) is 25.1. The predicted octanol–water partition coefficient (Wildman–Crippen LogP) is 0.443. The van der Waals surface area contributed by atoms with Crippen LogP contribution >= 0.6 is 0 Å². The van der Waals surface area contributed by atoms with Crippen LogP contribution in [0.1, 0.15) is 19.3 Å². The van der Waals surface area contributed by atoms with Crippen LogP contribution in [0.5, 0.6) is 0 Å². The van der Waals surface area contributed by atoms with Gasteiger partial charge in [0.05, 0.1) is 0 Å². The predicted molar refractivity (Wildman–Crippen MR) is 70.9 cm³/mol. The third-order valence-electron chi connectivity index (χ3n) is 4.01. The molecule has 2 unspecified atom stereocenters. The van der Waals surface area contributed by atoms with Crippen LogP contribution in [0.4, 0.5) is 4.79 Å². The first-order valence-corrected chi connectivity index (χ1v) is 6.90. The number of hydrogen-bond acceptors (Lipinski definition) is 3. The quantitative estimate of drug-likeness (QED) is 0.760. The lowest BCUT2D eigenvalue weighted by molar-refractivity contribution is -0.139. The Hall–Kier alpha value is -1.30. The van der Waals surface area contributed by atoms with Gasteiger partial charge in [0.25, 0.3) is 0 Å². The van der Waals surface area contributed by atoms with Gasteiger partial charge in [0.2, 0.25) is 0 Å². The number of urea groups is 1. The van der Waals surface area contributed by atoms with Gasteiger partial charge in [0, 0.05) is 20.1 Å². The summed E-state index contributed by atoms with van der Waals surface area (Å²) >= 11 is 0. The van der Waals surface area contributed by atoms with Crippen LogP contribution in [0, 0.1) is 11.8 Å². The molecule has 6 heteroatoms. The minimum absolute atomic E-state index is 0.118. The zero-order valence-electron chi connectivity index (χ0n) is 11.6. The molecule has 0 aromatic carbocycles. The van der Waals surface area contributed by atoms with Crippen molar-refractivity contribution in [2.45, 2.75) is 25.3 Å². The van der Waals surface area contributed by atoms with E-state index in [0.29, 0.717) is 12.5 Å². The highest BCUT2D eigenvalue weighted by molar-refractivity contribution is 5.83. The number of rotatable bonds is 5. The van der Waals surface area contributed by atoms with E-state index in [2.05, 4.69) is 17.3 Å². The van der Waals surface area contributed by atoms with E-state index in [-0.39, 0.29) is 11.9 Å². The molecule has 6 nitrogen and oxygen atoms in total. The average molecular weight is 269 g/mol. The SMILES string of the molecule is CN1CCC(CN(C)C(=O)NC(C(=O)O)C2CC2)C1. The smallest absolute Gasteiger partial charge is 0.326 e. The molecule has 2 fully saturated rings. The Balaban J connectivity index is 1.79. The second-order valence-electron chi connectivity index (χ2n) is 5.90. The highest BCUT2D eigenvalue weighted by Crippen LogP contribution is 2.32. The number of carbonyl (C=O) groups excluding carboxylic acids is 1. The van der Waals surface area contributed by atoms with Gasteiger partial charge in [-0.05, 0) is 44.7 Å². The van der Waals surface area contributed by atoms with Crippen molar-refractivity contribution >= 4 is 12.0 Å². The third-order valence-corrected chi connectivity index (χ3v) is 4.01. The molecule has 2 N–H and O–H groups in total. The van der Waals surface area contributed by atoms with E-state index in [4.69, 9.17) is 5.11 Å². The largest absolute Gasteiger partial charge is 0.480 e. The number of carboxylic acid groups (broad SMARTS) is 1. The summed E-state index contributed by atoms with van der Waals surface area (Å²) in [6.45, 7) is 2.76. The van der Waals surface area contributed by atoms with Crippen LogP contribution in [-0.2, 0) is 4.79 Å². The number of hydrogen-bond donors (Lipinski definition) is 2. The van der Waals surface area contributed by atoms with Crippen molar-refractivity contribution in [2.24, 2.45) is 11.8 Å². The Labute approximate surface area is 113 Å². The fourth-order valence-corrected chi connectivity index (χ4v) is 2.70. The molecule has 1 heterocycles. The molecule has 0 spiro atoms. The molecule has 1 saturated heterocycles. The molecule has 19 heavy (non-hydrogen) atoms. The van der Waals surface area contributed by atoms with Gasteiger partial charge in [-0.2, -0.15) is 0 Å². The topological polar surface area (TPSA) is 72.9 Å². The van der Waals surface area contributed by atoms with Crippen LogP contribution in [0.25, 0.3) is 0 Å². The van der Waals surface area contributed by atoms with Crippen LogP contribution < -0.4 is 5.32 Å². The molecule has 2 amide bonds. The van der Waals surface area contributed by atoms with Crippen LogP contribution in [0.3, 0.4) is 0 Å². The number of nitrogens with zero attached hydrogens (tertiary/aromatic N) is 2. The van der Waals surface area contributed by atoms with Crippen LogP contribution in [0.2, 0.25) is 0 Å². The van der Waals surface area contributed by atoms with E-state index in [9.17, 15) is 9.59 Å². The van der Waals surface area contributed by atoms with E-state index < -0.39 is 12.0 Å². The van der Waals surface area contributed by atoms with Crippen LogP contribution in [0.15, 0.2) is 0 Å². The zero-order chi connectivity index (χ0) is 14.0. The molecular weight excluding hydrogens is 246 g/mol. The lowest BCUT2D eigenvalue weighted by Gasteiger charge is -2.23. The Bertz CT molecular complexity index is 357. The highest BCUT2D eigenvalue weighted by Gasteiger charge is 2.38. The summed E-state index contributed by atoms with van der Waals surface area (Å²) in [7, 11) is 3.81. The monoisotopic (exact) mass is 269 g/mol. The first kappa shape index (κ1) is 14.1. The van der Waals surface area contributed by atoms with Crippen molar-refractivity contribution in [3.63, 3.8) is 0 Å². The number of nitrogens with one attached hydrogen (secondary N) is 1. The number of carboxylic acids is 1. The van der Waals surface area contributed by atoms with Gasteiger partial charge < -0.3 is 20.2 Å². The van der Waals surface area contributed by atoms with E-state index in [1.165, 1.54) is 0 Å². The number of amides is 2. The van der Waals surface area contributed by atoms with E-state index in [1.807, 2.05) is 0 Å². The Kier molecular flexibility index (Phi) is 4.29. The molecule has 0 aromatic rings. The molecule has 0 aromatic heterocycles. The van der Waals surface area contributed by atoms with E-state index >= 15 is 0 Å². The number of likely N-dealkylation sites (tertiary alicyclic amines) is 1. The van der Waals surface area contributed by atoms with Crippen molar-refractivity contribution in [3.8, 4) is 0 Å². The van der Waals surface area contributed by atoms with E-state index in [0.717, 1.165) is 32.4 Å². The van der Waals surface area contributed by atoms with Gasteiger partial charge in [0.1, 0.15) is 6.04 Å². The number of aliphatic carboxylic acids is 1. The van der Waals surface area contributed by atoms with Crippen LogP contribution in [-0.4, -0.2) is 66.7 Å². The highest BCUT2D eigenvalue weighted by atomic mass is 16.4. The fourth-order valence-electron chi connectivity index (χ4n) is 2.70.